The first kappa shape index (κ1) is 15.6. The average Bonchev–Trinajstić information content (AvgIpc) is 2.98. The van der Waals surface area contributed by atoms with Crippen LogP contribution in [0.4, 0.5) is 0 Å². The summed E-state index contributed by atoms with van der Waals surface area (Å²) in [5.74, 6) is 1.14. The van der Waals surface area contributed by atoms with E-state index in [1.165, 1.54) is 12.8 Å². The van der Waals surface area contributed by atoms with Crippen molar-refractivity contribution in [2.45, 2.75) is 38.1 Å². The molecule has 1 amide bonds. The SMILES string of the molecule is COc1ccc(CCN)cc1OCC(=O)NC1CCCC1. The smallest absolute Gasteiger partial charge is 0.258 e. The fraction of sp³-hybridized carbons (Fsp3) is 0.562. The van der Waals surface area contributed by atoms with Gasteiger partial charge in [-0.2, -0.15) is 0 Å². The molecule has 21 heavy (non-hydrogen) atoms. The number of amides is 1. The van der Waals surface area contributed by atoms with Crippen LogP contribution in [0.15, 0.2) is 18.2 Å². The van der Waals surface area contributed by atoms with Crippen LogP contribution in [0.3, 0.4) is 0 Å². The summed E-state index contributed by atoms with van der Waals surface area (Å²) in [4.78, 5) is 11.9. The molecule has 1 aliphatic rings. The van der Waals surface area contributed by atoms with Crippen LogP contribution in [0.25, 0.3) is 0 Å². The van der Waals surface area contributed by atoms with Gasteiger partial charge in [-0.25, -0.2) is 0 Å². The van der Waals surface area contributed by atoms with E-state index in [9.17, 15) is 4.79 Å². The van der Waals surface area contributed by atoms with E-state index >= 15 is 0 Å². The molecule has 1 fully saturated rings. The van der Waals surface area contributed by atoms with Crippen LogP contribution in [-0.2, 0) is 11.2 Å². The predicted octanol–water partition coefficient (Wildman–Crippen LogP) is 1.63. The van der Waals surface area contributed by atoms with Gasteiger partial charge in [0.25, 0.3) is 5.91 Å². The van der Waals surface area contributed by atoms with Crippen molar-refractivity contribution in [2.75, 3.05) is 20.3 Å². The summed E-state index contributed by atoms with van der Waals surface area (Å²) >= 11 is 0. The van der Waals surface area contributed by atoms with Crippen molar-refractivity contribution in [3.63, 3.8) is 0 Å². The molecular weight excluding hydrogens is 268 g/mol. The van der Waals surface area contributed by atoms with Crippen molar-refractivity contribution in [1.29, 1.82) is 0 Å². The van der Waals surface area contributed by atoms with Crippen LogP contribution >= 0.6 is 0 Å². The van der Waals surface area contributed by atoms with Crippen molar-refractivity contribution in [2.24, 2.45) is 5.73 Å². The van der Waals surface area contributed by atoms with E-state index in [1.807, 2.05) is 18.2 Å². The number of carbonyl (C=O) groups excluding carboxylic acids is 1. The maximum absolute atomic E-state index is 11.9. The fourth-order valence-electron chi connectivity index (χ4n) is 2.64. The summed E-state index contributed by atoms with van der Waals surface area (Å²) < 4.78 is 10.9. The van der Waals surface area contributed by atoms with E-state index in [4.69, 9.17) is 15.2 Å². The molecule has 0 aromatic heterocycles. The lowest BCUT2D eigenvalue weighted by Crippen LogP contribution is -2.36. The maximum Gasteiger partial charge on any atom is 0.258 e. The van der Waals surface area contributed by atoms with Crippen molar-refractivity contribution < 1.29 is 14.3 Å². The minimum absolute atomic E-state index is 0.0128. The molecule has 0 aliphatic heterocycles. The maximum atomic E-state index is 11.9. The summed E-state index contributed by atoms with van der Waals surface area (Å²) in [6, 6.07) is 5.99. The lowest BCUT2D eigenvalue weighted by molar-refractivity contribution is -0.123. The van der Waals surface area contributed by atoms with Gasteiger partial charge in [-0.15, -0.1) is 0 Å². The Hall–Kier alpha value is -1.75. The van der Waals surface area contributed by atoms with Crippen LogP contribution in [0, 0.1) is 0 Å². The quantitative estimate of drug-likeness (QED) is 0.801. The molecule has 0 spiro atoms. The van der Waals surface area contributed by atoms with Crippen LogP contribution < -0.4 is 20.5 Å². The zero-order chi connectivity index (χ0) is 15.1. The van der Waals surface area contributed by atoms with E-state index < -0.39 is 0 Å². The number of rotatable bonds is 7. The minimum Gasteiger partial charge on any atom is -0.493 e. The molecule has 0 saturated heterocycles. The highest BCUT2D eigenvalue weighted by Gasteiger charge is 2.17. The monoisotopic (exact) mass is 292 g/mol. The largest absolute Gasteiger partial charge is 0.493 e. The summed E-state index contributed by atoms with van der Waals surface area (Å²) in [6.07, 6.45) is 5.30. The third-order valence-corrected chi connectivity index (χ3v) is 3.74. The normalized spacial score (nSPS) is 15.0. The van der Waals surface area contributed by atoms with Gasteiger partial charge in [-0.3, -0.25) is 4.79 Å². The van der Waals surface area contributed by atoms with Gasteiger partial charge >= 0.3 is 0 Å². The number of hydrogen-bond acceptors (Lipinski definition) is 4. The Morgan fingerprint density at radius 2 is 2.10 bits per heavy atom. The molecule has 1 saturated carbocycles. The molecule has 0 unspecified atom stereocenters. The van der Waals surface area contributed by atoms with E-state index in [1.54, 1.807) is 7.11 Å². The first-order chi connectivity index (χ1) is 10.2. The number of nitrogens with one attached hydrogen (secondary N) is 1. The van der Waals surface area contributed by atoms with E-state index in [0.29, 0.717) is 24.1 Å². The molecule has 0 heterocycles. The first-order valence-corrected chi connectivity index (χ1v) is 7.52. The molecule has 5 nitrogen and oxygen atoms in total. The van der Waals surface area contributed by atoms with Crippen LogP contribution in [-0.4, -0.2) is 32.2 Å². The summed E-state index contributed by atoms with van der Waals surface area (Å²) in [6.45, 7) is 0.590. The van der Waals surface area contributed by atoms with Gasteiger partial charge in [0.1, 0.15) is 0 Å². The predicted molar refractivity (Wildman–Crippen MR) is 81.6 cm³/mol. The highest BCUT2D eigenvalue weighted by molar-refractivity contribution is 5.78. The zero-order valence-corrected chi connectivity index (χ0v) is 12.6. The molecule has 0 bridgehead atoms. The molecule has 1 aromatic carbocycles. The topological polar surface area (TPSA) is 73.6 Å². The highest BCUT2D eigenvalue weighted by Crippen LogP contribution is 2.28. The van der Waals surface area contributed by atoms with E-state index in [0.717, 1.165) is 24.8 Å². The minimum atomic E-state index is -0.0758. The Bertz CT molecular complexity index is 471. The Labute approximate surface area is 125 Å². The number of hydrogen-bond donors (Lipinski definition) is 2. The Morgan fingerprint density at radius 1 is 1.33 bits per heavy atom. The number of nitrogens with two attached hydrogens (primary N) is 1. The third-order valence-electron chi connectivity index (χ3n) is 3.74. The van der Waals surface area contributed by atoms with Crippen LogP contribution in [0.2, 0.25) is 0 Å². The van der Waals surface area contributed by atoms with Gasteiger partial charge in [-0.1, -0.05) is 18.9 Å². The summed E-state index contributed by atoms with van der Waals surface area (Å²) in [5.41, 5.74) is 6.63. The van der Waals surface area contributed by atoms with E-state index in [2.05, 4.69) is 5.32 Å². The first-order valence-electron chi connectivity index (χ1n) is 7.52. The number of ether oxygens (including phenoxy) is 2. The molecule has 1 aromatic rings. The van der Waals surface area contributed by atoms with Gasteiger partial charge in [-0.05, 0) is 43.5 Å². The molecule has 1 aliphatic carbocycles. The second kappa shape index (κ2) is 7.88. The molecule has 2 rings (SSSR count). The standard InChI is InChI=1S/C16H24N2O3/c1-20-14-7-6-12(8-9-17)10-15(14)21-11-16(19)18-13-4-2-3-5-13/h6-7,10,13H,2-5,8-9,11,17H2,1H3,(H,18,19). The Balaban J connectivity index is 1.90. The second-order valence-corrected chi connectivity index (χ2v) is 5.36. The van der Waals surface area contributed by atoms with E-state index in [-0.39, 0.29) is 12.5 Å². The van der Waals surface area contributed by atoms with Crippen molar-refractivity contribution in [1.82, 2.24) is 5.32 Å². The van der Waals surface area contributed by atoms with Crippen molar-refractivity contribution in [3.8, 4) is 11.5 Å². The Kier molecular flexibility index (Phi) is 5.87. The average molecular weight is 292 g/mol. The zero-order valence-electron chi connectivity index (χ0n) is 12.6. The van der Waals surface area contributed by atoms with Gasteiger partial charge < -0.3 is 20.5 Å². The molecular formula is C16H24N2O3. The van der Waals surface area contributed by atoms with Crippen molar-refractivity contribution >= 4 is 5.91 Å². The van der Waals surface area contributed by atoms with Gasteiger partial charge in [0.2, 0.25) is 0 Å². The molecule has 0 radical (unpaired) electrons. The molecule has 5 heteroatoms. The highest BCUT2D eigenvalue weighted by atomic mass is 16.5. The number of benzene rings is 1. The molecule has 116 valence electrons. The molecule has 0 atom stereocenters. The van der Waals surface area contributed by atoms with Gasteiger partial charge in [0.05, 0.1) is 7.11 Å². The van der Waals surface area contributed by atoms with Crippen LogP contribution in [0.5, 0.6) is 11.5 Å². The summed E-state index contributed by atoms with van der Waals surface area (Å²) in [5, 5.41) is 3.00. The Morgan fingerprint density at radius 3 is 2.76 bits per heavy atom. The third kappa shape index (κ3) is 4.63. The molecule has 3 N–H and O–H groups in total. The van der Waals surface area contributed by atoms with Gasteiger partial charge in [0, 0.05) is 6.04 Å². The van der Waals surface area contributed by atoms with Gasteiger partial charge in [0.15, 0.2) is 18.1 Å². The lowest BCUT2D eigenvalue weighted by Gasteiger charge is -2.14. The van der Waals surface area contributed by atoms with Crippen molar-refractivity contribution in [3.05, 3.63) is 23.8 Å². The number of carbonyl (C=O) groups is 1. The second-order valence-electron chi connectivity index (χ2n) is 5.36. The number of methoxy groups -OCH3 is 1. The fourth-order valence-corrected chi connectivity index (χ4v) is 2.64. The van der Waals surface area contributed by atoms with Crippen LogP contribution in [0.1, 0.15) is 31.2 Å². The lowest BCUT2D eigenvalue weighted by atomic mass is 10.1. The summed E-state index contributed by atoms with van der Waals surface area (Å²) in [7, 11) is 1.59.